The van der Waals surface area contributed by atoms with Crippen LogP contribution in [0.25, 0.3) is 0 Å². The van der Waals surface area contributed by atoms with Gasteiger partial charge in [-0.15, -0.1) is 0 Å². The van der Waals surface area contributed by atoms with E-state index in [0.717, 1.165) is 44.9 Å². The zero-order chi connectivity index (χ0) is 22.1. The van der Waals surface area contributed by atoms with E-state index in [4.69, 9.17) is 4.74 Å². The van der Waals surface area contributed by atoms with Gasteiger partial charge in [0.1, 0.15) is 0 Å². The molecule has 0 bridgehead atoms. The Labute approximate surface area is 180 Å². The highest BCUT2D eigenvalue weighted by Gasteiger charge is 2.03. The lowest BCUT2D eigenvalue weighted by atomic mass is 10.0. The van der Waals surface area contributed by atoms with E-state index in [1.165, 1.54) is 28.7 Å². The van der Waals surface area contributed by atoms with Crippen molar-refractivity contribution >= 4 is 5.97 Å². The van der Waals surface area contributed by atoms with Crippen LogP contribution in [0, 0.1) is 0 Å². The molecule has 0 aliphatic heterocycles. The molecule has 0 aliphatic rings. The molecule has 0 N–H and O–H groups in total. The minimum absolute atomic E-state index is 0.201. The monoisotopic (exact) mass is 400 g/mol. The fourth-order valence-corrected chi connectivity index (χ4v) is 2.95. The summed E-state index contributed by atoms with van der Waals surface area (Å²) in [4.78, 5) is 11.6. The van der Waals surface area contributed by atoms with E-state index in [-0.39, 0.29) is 5.97 Å². The molecule has 0 aromatic rings. The minimum Gasteiger partial charge on any atom is -0.463 e. The molecule has 0 saturated heterocycles. The molecule has 164 valence electrons. The summed E-state index contributed by atoms with van der Waals surface area (Å²) >= 11 is 0. The molecule has 2 heteroatoms. The Balaban J connectivity index is 4.10. The molecule has 0 spiro atoms. The average Bonchev–Trinajstić information content (AvgIpc) is 2.65. The normalized spacial score (nSPS) is 13.5. The topological polar surface area (TPSA) is 26.3 Å². The SMILES string of the molecule is CCOC(=O)/C(C)=C/CC/C(C)=C/CC/C=C(\C)CC/C=C(\C)CCC=C(C)C. The molecule has 0 aromatic carbocycles. The van der Waals surface area contributed by atoms with E-state index in [1.807, 2.05) is 19.9 Å². The van der Waals surface area contributed by atoms with Gasteiger partial charge in [-0.2, -0.15) is 0 Å². The van der Waals surface area contributed by atoms with Gasteiger partial charge in [0.15, 0.2) is 0 Å². The van der Waals surface area contributed by atoms with Gasteiger partial charge in [0, 0.05) is 5.57 Å². The molecule has 0 aliphatic carbocycles. The van der Waals surface area contributed by atoms with Crippen LogP contribution < -0.4 is 0 Å². The second kappa shape index (κ2) is 17.1. The standard InChI is InChI=1S/C27H44O2/c1-8-29-27(28)26(7)21-13-20-24(5)16-10-9-15-23(4)18-12-19-25(6)17-11-14-22(2)3/h14-16,19,21H,8-13,17-18,20H2,1-7H3/b23-15+,24-16+,25-19+,26-21+. The van der Waals surface area contributed by atoms with E-state index in [0.29, 0.717) is 12.2 Å². The number of esters is 1. The summed E-state index contributed by atoms with van der Waals surface area (Å²) in [5.74, 6) is -0.201. The zero-order valence-electron chi connectivity index (χ0n) is 20.1. The Morgan fingerprint density at radius 1 is 0.621 bits per heavy atom. The first-order chi connectivity index (χ1) is 13.8. The summed E-state index contributed by atoms with van der Waals surface area (Å²) in [5, 5.41) is 0. The van der Waals surface area contributed by atoms with Gasteiger partial charge in [-0.05, 0) is 99.8 Å². The van der Waals surface area contributed by atoms with Gasteiger partial charge >= 0.3 is 5.97 Å². The lowest BCUT2D eigenvalue weighted by Gasteiger charge is -2.03. The molecule has 0 fully saturated rings. The fraction of sp³-hybridized carbons (Fsp3) is 0.593. The lowest BCUT2D eigenvalue weighted by Crippen LogP contribution is -2.04. The minimum atomic E-state index is -0.201. The molecular formula is C27H44O2. The Bertz CT molecular complexity index is 623. The maximum absolute atomic E-state index is 11.6. The summed E-state index contributed by atoms with van der Waals surface area (Å²) in [6.07, 6.45) is 20.1. The van der Waals surface area contributed by atoms with Gasteiger partial charge in [0.25, 0.3) is 0 Å². The van der Waals surface area contributed by atoms with Crippen molar-refractivity contribution in [1.82, 2.24) is 0 Å². The molecule has 0 amide bonds. The number of ether oxygens (including phenoxy) is 1. The van der Waals surface area contributed by atoms with Gasteiger partial charge in [-0.1, -0.05) is 52.7 Å². The number of unbranched alkanes of at least 4 members (excludes halogenated alkanes) is 1. The largest absolute Gasteiger partial charge is 0.463 e. The van der Waals surface area contributed by atoms with Gasteiger partial charge in [0.05, 0.1) is 6.61 Å². The van der Waals surface area contributed by atoms with Crippen LogP contribution in [-0.2, 0) is 9.53 Å². The average molecular weight is 401 g/mol. The number of carbonyl (C=O) groups excluding carboxylic acids is 1. The van der Waals surface area contributed by atoms with Gasteiger partial charge in [-0.3, -0.25) is 0 Å². The first-order valence-corrected chi connectivity index (χ1v) is 11.2. The third kappa shape index (κ3) is 16.8. The third-order valence-corrected chi connectivity index (χ3v) is 4.86. The maximum Gasteiger partial charge on any atom is 0.333 e. The molecule has 0 heterocycles. The molecular weight excluding hydrogens is 356 g/mol. The van der Waals surface area contributed by atoms with Crippen LogP contribution in [0.4, 0.5) is 0 Å². The van der Waals surface area contributed by atoms with Gasteiger partial charge in [0.2, 0.25) is 0 Å². The van der Waals surface area contributed by atoms with E-state index in [1.54, 1.807) is 0 Å². The van der Waals surface area contributed by atoms with Crippen LogP contribution in [0.5, 0.6) is 0 Å². The van der Waals surface area contributed by atoms with Crippen molar-refractivity contribution in [3.8, 4) is 0 Å². The van der Waals surface area contributed by atoms with Gasteiger partial charge in [-0.25, -0.2) is 4.79 Å². The molecule has 2 nitrogen and oxygen atoms in total. The predicted molar refractivity (Wildman–Crippen MR) is 128 cm³/mol. The smallest absolute Gasteiger partial charge is 0.333 e. The van der Waals surface area contributed by atoms with Crippen molar-refractivity contribution < 1.29 is 9.53 Å². The Morgan fingerprint density at radius 2 is 1.03 bits per heavy atom. The first kappa shape index (κ1) is 27.2. The van der Waals surface area contributed by atoms with Crippen molar-refractivity contribution in [2.75, 3.05) is 6.61 Å². The fourth-order valence-electron chi connectivity index (χ4n) is 2.95. The first-order valence-electron chi connectivity index (χ1n) is 11.2. The van der Waals surface area contributed by atoms with Crippen molar-refractivity contribution in [1.29, 1.82) is 0 Å². The Hall–Kier alpha value is -1.83. The highest BCUT2D eigenvalue weighted by Crippen LogP contribution is 2.13. The summed E-state index contributed by atoms with van der Waals surface area (Å²) in [6, 6.07) is 0. The second-order valence-electron chi connectivity index (χ2n) is 8.23. The van der Waals surface area contributed by atoms with Crippen LogP contribution in [0.2, 0.25) is 0 Å². The van der Waals surface area contributed by atoms with E-state index < -0.39 is 0 Å². The van der Waals surface area contributed by atoms with Crippen molar-refractivity contribution in [3.05, 3.63) is 58.2 Å². The molecule has 0 atom stereocenters. The molecule has 0 saturated carbocycles. The summed E-state index contributed by atoms with van der Waals surface area (Å²) < 4.78 is 5.00. The van der Waals surface area contributed by atoms with Crippen LogP contribution in [0.15, 0.2) is 58.2 Å². The summed E-state index contributed by atoms with van der Waals surface area (Å²) in [5.41, 5.74) is 6.49. The number of rotatable bonds is 14. The molecule has 0 radical (unpaired) electrons. The Morgan fingerprint density at radius 3 is 1.48 bits per heavy atom. The van der Waals surface area contributed by atoms with Crippen LogP contribution in [0.1, 0.15) is 99.8 Å². The lowest BCUT2D eigenvalue weighted by molar-refractivity contribution is -0.138. The van der Waals surface area contributed by atoms with E-state index in [9.17, 15) is 4.79 Å². The second-order valence-corrected chi connectivity index (χ2v) is 8.23. The molecule has 0 unspecified atom stereocenters. The number of allylic oxidation sites excluding steroid dienone is 9. The molecule has 0 aromatic heterocycles. The highest BCUT2D eigenvalue weighted by atomic mass is 16.5. The van der Waals surface area contributed by atoms with Crippen molar-refractivity contribution in [2.45, 2.75) is 99.8 Å². The maximum atomic E-state index is 11.6. The van der Waals surface area contributed by atoms with Crippen molar-refractivity contribution in [3.63, 3.8) is 0 Å². The quantitative estimate of drug-likeness (QED) is 0.127. The predicted octanol–water partition coefficient (Wildman–Crippen LogP) is 8.42. The number of hydrogen-bond acceptors (Lipinski definition) is 2. The number of hydrogen-bond donors (Lipinski definition) is 0. The van der Waals surface area contributed by atoms with Crippen LogP contribution >= 0.6 is 0 Å². The van der Waals surface area contributed by atoms with Gasteiger partial charge < -0.3 is 4.74 Å². The van der Waals surface area contributed by atoms with E-state index in [2.05, 4.69) is 58.9 Å². The van der Waals surface area contributed by atoms with E-state index >= 15 is 0 Å². The number of carbonyl (C=O) groups is 1. The molecule has 0 rings (SSSR count). The summed E-state index contributed by atoms with van der Waals surface area (Å²) in [6.45, 7) is 15.1. The van der Waals surface area contributed by atoms with Crippen molar-refractivity contribution in [2.24, 2.45) is 0 Å². The van der Waals surface area contributed by atoms with Crippen LogP contribution in [0.3, 0.4) is 0 Å². The zero-order valence-corrected chi connectivity index (χ0v) is 20.1. The Kier molecular flexibility index (Phi) is 16.0. The summed E-state index contributed by atoms with van der Waals surface area (Å²) in [7, 11) is 0. The van der Waals surface area contributed by atoms with Crippen LogP contribution in [-0.4, -0.2) is 12.6 Å². The third-order valence-electron chi connectivity index (χ3n) is 4.86. The highest BCUT2D eigenvalue weighted by molar-refractivity contribution is 5.87. The molecule has 29 heavy (non-hydrogen) atoms.